The molecule has 2 rings (SSSR count). The molecule has 2 bridgehead atoms. The van der Waals surface area contributed by atoms with Crippen molar-refractivity contribution in [1.29, 1.82) is 0 Å². The Kier molecular flexibility index (Phi) is 4.06. The number of rotatable bonds is 5. The molecule has 19 heavy (non-hydrogen) atoms. The molecule has 0 aromatic rings. The molecule has 0 radical (unpaired) electrons. The average molecular weight is 266 g/mol. The third-order valence-corrected chi connectivity index (χ3v) is 6.80. The van der Waals surface area contributed by atoms with Crippen LogP contribution in [0, 0.1) is 22.7 Å². The standard InChI is InChI=1S/C17H34N2/c1-12(2)14(19(6)7)11-18-15-10-13-8-9-17(15,5)16(13,3)4/h12-15,18H,8-11H2,1-7H3. The van der Waals surface area contributed by atoms with Crippen LogP contribution in [0.5, 0.6) is 0 Å². The summed E-state index contributed by atoms with van der Waals surface area (Å²) in [7, 11) is 4.41. The summed E-state index contributed by atoms with van der Waals surface area (Å²) in [5, 5.41) is 3.93. The van der Waals surface area contributed by atoms with Crippen LogP contribution in [-0.2, 0) is 0 Å². The Morgan fingerprint density at radius 1 is 1.21 bits per heavy atom. The van der Waals surface area contributed by atoms with Gasteiger partial charge in [0.2, 0.25) is 0 Å². The van der Waals surface area contributed by atoms with E-state index < -0.39 is 0 Å². The zero-order chi connectivity index (χ0) is 14.4. The van der Waals surface area contributed by atoms with Gasteiger partial charge in [0.1, 0.15) is 0 Å². The average Bonchev–Trinajstić information content (AvgIpc) is 2.61. The van der Waals surface area contributed by atoms with Crippen LogP contribution in [0.25, 0.3) is 0 Å². The quantitative estimate of drug-likeness (QED) is 0.820. The molecule has 2 heteroatoms. The number of likely N-dealkylation sites (N-methyl/N-ethyl adjacent to an activating group) is 1. The maximum Gasteiger partial charge on any atom is 0.0237 e. The lowest BCUT2D eigenvalue weighted by molar-refractivity contribution is 0.113. The molecule has 0 saturated heterocycles. The summed E-state index contributed by atoms with van der Waals surface area (Å²) in [6, 6.07) is 1.37. The van der Waals surface area contributed by atoms with Gasteiger partial charge in [0.25, 0.3) is 0 Å². The zero-order valence-electron chi connectivity index (χ0n) is 14.1. The van der Waals surface area contributed by atoms with E-state index in [0.29, 0.717) is 22.8 Å². The molecule has 0 spiro atoms. The largest absolute Gasteiger partial charge is 0.312 e. The van der Waals surface area contributed by atoms with Gasteiger partial charge in [0.15, 0.2) is 0 Å². The first-order valence-corrected chi connectivity index (χ1v) is 8.10. The Bertz CT molecular complexity index is 313. The topological polar surface area (TPSA) is 15.3 Å². The number of nitrogens with one attached hydrogen (secondary N) is 1. The number of nitrogens with zero attached hydrogens (tertiary/aromatic N) is 1. The van der Waals surface area contributed by atoms with E-state index in [9.17, 15) is 0 Å². The van der Waals surface area contributed by atoms with E-state index in [-0.39, 0.29) is 0 Å². The number of hydrogen-bond donors (Lipinski definition) is 1. The Hall–Kier alpha value is -0.0800. The van der Waals surface area contributed by atoms with E-state index in [2.05, 4.69) is 58.9 Å². The van der Waals surface area contributed by atoms with Crippen LogP contribution in [0.15, 0.2) is 0 Å². The van der Waals surface area contributed by atoms with Crippen LogP contribution in [0.4, 0.5) is 0 Å². The molecule has 112 valence electrons. The highest BCUT2D eigenvalue weighted by molar-refractivity contribution is 5.13. The van der Waals surface area contributed by atoms with Crippen LogP contribution in [0.1, 0.15) is 53.9 Å². The fourth-order valence-electron chi connectivity index (χ4n) is 4.79. The SMILES string of the molecule is CC(C)C(CNC1CC2CCC1(C)C2(C)C)N(C)C. The van der Waals surface area contributed by atoms with Crippen molar-refractivity contribution in [3.63, 3.8) is 0 Å². The van der Waals surface area contributed by atoms with Crippen molar-refractivity contribution in [3.05, 3.63) is 0 Å². The van der Waals surface area contributed by atoms with Crippen LogP contribution < -0.4 is 5.32 Å². The van der Waals surface area contributed by atoms with Gasteiger partial charge in [-0.05, 0) is 56.0 Å². The van der Waals surface area contributed by atoms with Gasteiger partial charge in [-0.25, -0.2) is 0 Å². The molecule has 2 aliphatic carbocycles. The fourth-order valence-corrected chi connectivity index (χ4v) is 4.79. The van der Waals surface area contributed by atoms with Crippen molar-refractivity contribution in [2.75, 3.05) is 20.6 Å². The van der Waals surface area contributed by atoms with Crippen molar-refractivity contribution >= 4 is 0 Å². The van der Waals surface area contributed by atoms with Crippen LogP contribution in [0.2, 0.25) is 0 Å². The molecule has 0 aromatic carbocycles. The second kappa shape index (κ2) is 5.04. The van der Waals surface area contributed by atoms with Crippen molar-refractivity contribution in [2.45, 2.75) is 66.0 Å². The second-order valence-electron chi connectivity index (χ2n) is 8.35. The normalized spacial score (nSPS) is 38.4. The van der Waals surface area contributed by atoms with E-state index in [1.165, 1.54) is 19.3 Å². The van der Waals surface area contributed by atoms with Gasteiger partial charge in [-0.2, -0.15) is 0 Å². The number of hydrogen-bond acceptors (Lipinski definition) is 2. The Morgan fingerprint density at radius 2 is 1.84 bits per heavy atom. The monoisotopic (exact) mass is 266 g/mol. The first-order valence-electron chi connectivity index (χ1n) is 8.10. The molecule has 0 aliphatic heterocycles. The maximum atomic E-state index is 3.93. The van der Waals surface area contributed by atoms with E-state index >= 15 is 0 Å². The molecule has 4 atom stereocenters. The molecule has 4 unspecified atom stereocenters. The molecule has 0 amide bonds. The van der Waals surface area contributed by atoms with E-state index in [1.807, 2.05) is 0 Å². The van der Waals surface area contributed by atoms with Crippen LogP contribution in [-0.4, -0.2) is 37.6 Å². The van der Waals surface area contributed by atoms with Crippen molar-refractivity contribution in [3.8, 4) is 0 Å². The second-order valence-corrected chi connectivity index (χ2v) is 8.35. The lowest BCUT2D eigenvalue weighted by Crippen LogP contribution is -2.50. The predicted octanol–water partition coefficient (Wildman–Crippen LogP) is 3.38. The van der Waals surface area contributed by atoms with Gasteiger partial charge < -0.3 is 10.2 Å². The highest BCUT2D eigenvalue weighted by Gasteiger charge is 2.61. The van der Waals surface area contributed by atoms with Crippen LogP contribution in [0.3, 0.4) is 0 Å². The molecule has 2 nitrogen and oxygen atoms in total. The summed E-state index contributed by atoms with van der Waals surface area (Å²) in [6.07, 6.45) is 4.25. The molecule has 1 N–H and O–H groups in total. The minimum Gasteiger partial charge on any atom is -0.312 e. The fraction of sp³-hybridized carbons (Fsp3) is 1.00. The smallest absolute Gasteiger partial charge is 0.0237 e. The number of fused-ring (bicyclic) bond motifs is 2. The van der Waals surface area contributed by atoms with Gasteiger partial charge in [-0.15, -0.1) is 0 Å². The van der Waals surface area contributed by atoms with Crippen molar-refractivity contribution < 1.29 is 0 Å². The lowest BCUT2D eigenvalue weighted by Gasteiger charge is -2.41. The third-order valence-electron chi connectivity index (χ3n) is 6.80. The maximum absolute atomic E-state index is 3.93. The van der Waals surface area contributed by atoms with E-state index in [1.54, 1.807) is 0 Å². The van der Waals surface area contributed by atoms with Crippen LogP contribution >= 0.6 is 0 Å². The molecular weight excluding hydrogens is 232 g/mol. The van der Waals surface area contributed by atoms with Crippen molar-refractivity contribution in [2.24, 2.45) is 22.7 Å². The molecule has 0 heterocycles. The Labute approximate surface area is 120 Å². The Morgan fingerprint density at radius 3 is 2.21 bits per heavy atom. The Balaban J connectivity index is 1.99. The summed E-state index contributed by atoms with van der Waals surface area (Å²) in [6.45, 7) is 13.3. The minimum absolute atomic E-state index is 0.505. The predicted molar refractivity (Wildman–Crippen MR) is 83.3 cm³/mol. The van der Waals surface area contributed by atoms with Gasteiger partial charge in [-0.3, -0.25) is 0 Å². The zero-order valence-corrected chi connectivity index (χ0v) is 14.1. The first kappa shape index (κ1) is 15.3. The van der Waals surface area contributed by atoms with E-state index in [0.717, 1.165) is 18.5 Å². The van der Waals surface area contributed by atoms with Gasteiger partial charge >= 0.3 is 0 Å². The summed E-state index contributed by atoms with van der Waals surface area (Å²) in [4.78, 5) is 2.37. The molecule has 0 aromatic heterocycles. The van der Waals surface area contributed by atoms with Gasteiger partial charge in [-0.1, -0.05) is 34.6 Å². The minimum atomic E-state index is 0.505. The third kappa shape index (κ3) is 2.35. The summed E-state index contributed by atoms with van der Waals surface area (Å²) >= 11 is 0. The van der Waals surface area contributed by atoms with E-state index in [4.69, 9.17) is 0 Å². The lowest BCUT2D eigenvalue weighted by atomic mass is 9.69. The van der Waals surface area contributed by atoms with Crippen molar-refractivity contribution in [1.82, 2.24) is 10.2 Å². The highest BCUT2D eigenvalue weighted by Crippen LogP contribution is 2.65. The molecule has 2 saturated carbocycles. The summed E-state index contributed by atoms with van der Waals surface area (Å²) in [5.74, 6) is 1.65. The molecule has 2 fully saturated rings. The first-order chi connectivity index (χ1) is 8.70. The van der Waals surface area contributed by atoms with Gasteiger partial charge in [0.05, 0.1) is 0 Å². The highest BCUT2D eigenvalue weighted by atomic mass is 15.1. The van der Waals surface area contributed by atoms with Gasteiger partial charge in [0, 0.05) is 18.6 Å². The summed E-state index contributed by atoms with van der Waals surface area (Å²) in [5.41, 5.74) is 1.03. The summed E-state index contributed by atoms with van der Waals surface area (Å²) < 4.78 is 0. The molecule has 2 aliphatic rings. The molecular formula is C17H34N2.